The molecule has 0 bridgehead atoms. The van der Waals surface area contributed by atoms with Crippen molar-refractivity contribution in [2.75, 3.05) is 5.32 Å². The molecule has 2 nitrogen and oxygen atoms in total. The molecule has 2 heteroatoms. The number of hydrogen-bond donors (Lipinski definition) is 1. The lowest BCUT2D eigenvalue weighted by Crippen LogP contribution is -1.94. The molecule has 28 heavy (non-hydrogen) atoms. The minimum Gasteiger partial charge on any atom is -0.454 e. The van der Waals surface area contributed by atoms with E-state index in [4.69, 9.17) is 4.42 Å². The van der Waals surface area contributed by atoms with Crippen LogP contribution in [0.25, 0.3) is 43.8 Å². The van der Waals surface area contributed by atoms with Crippen molar-refractivity contribution in [3.05, 3.63) is 97.1 Å². The van der Waals surface area contributed by atoms with Gasteiger partial charge >= 0.3 is 0 Å². The van der Waals surface area contributed by atoms with Gasteiger partial charge in [-0.25, -0.2) is 0 Å². The van der Waals surface area contributed by atoms with Crippen LogP contribution < -0.4 is 5.32 Å². The van der Waals surface area contributed by atoms with Gasteiger partial charge in [0.1, 0.15) is 5.58 Å². The number of benzene rings is 5. The average molecular weight is 359 g/mol. The zero-order chi connectivity index (χ0) is 18.5. The van der Waals surface area contributed by atoms with Gasteiger partial charge in [0.25, 0.3) is 0 Å². The lowest BCUT2D eigenvalue weighted by Gasteiger charge is -2.13. The van der Waals surface area contributed by atoms with Crippen LogP contribution >= 0.6 is 0 Å². The molecule has 5 aromatic carbocycles. The van der Waals surface area contributed by atoms with Crippen molar-refractivity contribution in [3.8, 4) is 11.1 Å². The molecule has 0 atom stereocenters. The molecule has 132 valence electrons. The number of rotatable bonds is 3. The zero-order valence-corrected chi connectivity index (χ0v) is 15.1. The molecule has 0 aliphatic rings. The summed E-state index contributed by atoms with van der Waals surface area (Å²) in [5.41, 5.74) is 6.25. The van der Waals surface area contributed by atoms with Gasteiger partial charge < -0.3 is 9.73 Å². The smallest absolute Gasteiger partial charge is 0.159 e. The van der Waals surface area contributed by atoms with Gasteiger partial charge in [0.15, 0.2) is 5.58 Å². The van der Waals surface area contributed by atoms with Crippen LogP contribution in [0.4, 0.5) is 11.4 Å². The number of para-hydroxylation sites is 1. The summed E-state index contributed by atoms with van der Waals surface area (Å²) in [7, 11) is 0. The standard InChI is InChI=1S/C26H17NO/c1-2-7-17(8-3-1)20-10-4-5-11-21(20)27-22-16-15-19-14-13-18-9-6-12-23-24(18)25(19)26(22)28-23/h1-16,27H. The molecule has 0 unspecified atom stereocenters. The summed E-state index contributed by atoms with van der Waals surface area (Å²) < 4.78 is 6.30. The molecule has 6 aromatic rings. The van der Waals surface area contributed by atoms with Crippen LogP contribution in [0.1, 0.15) is 0 Å². The Morgan fingerprint density at radius 1 is 0.536 bits per heavy atom. The molecule has 6 rings (SSSR count). The van der Waals surface area contributed by atoms with Crippen LogP contribution in [-0.4, -0.2) is 0 Å². The lowest BCUT2D eigenvalue weighted by molar-refractivity contribution is 0.670. The summed E-state index contributed by atoms with van der Waals surface area (Å²) in [4.78, 5) is 0. The van der Waals surface area contributed by atoms with Gasteiger partial charge in [0.2, 0.25) is 0 Å². The van der Waals surface area contributed by atoms with E-state index in [1.54, 1.807) is 0 Å². The van der Waals surface area contributed by atoms with Crippen LogP contribution in [0.5, 0.6) is 0 Å². The Morgan fingerprint density at radius 3 is 2.18 bits per heavy atom. The normalized spacial score (nSPS) is 11.6. The fourth-order valence-corrected chi connectivity index (χ4v) is 4.13. The number of hydrogen-bond acceptors (Lipinski definition) is 2. The van der Waals surface area contributed by atoms with Crippen molar-refractivity contribution in [3.63, 3.8) is 0 Å². The van der Waals surface area contributed by atoms with Crippen LogP contribution in [0.15, 0.2) is 101 Å². The van der Waals surface area contributed by atoms with Crippen molar-refractivity contribution < 1.29 is 4.42 Å². The van der Waals surface area contributed by atoms with E-state index in [1.807, 2.05) is 18.2 Å². The van der Waals surface area contributed by atoms with Gasteiger partial charge in [0.05, 0.1) is 5.69 Å². The summed E-state index contributed by atoms with van der Waals surface area (Å²) in [5.74, 6) is 0. The second-order valence-electron chi connectivity index (χ2n) is 7.10. The average Bonchev–Trinajstić information content (AvgIpc) is 3.16. The molecule has 0 radical (unpaired) electrons. The number of nitrogens with one attached hydrogen (secondary N) is 1. The van der Waals surface area contributed by atoms with Gasteiger partial charge in [-0.2, -0.15) is 0 Å². The third-order valence-corrected chi connectivity index (χ3v) is 5.43. The zero-order valence-electron chi connectivity index (χ0n) is 15.1. The highest BCUT2D eigenvalue weighted by Crippen LogP contribution is 2.41. The second kappa shape index (κ2) is 5.86. The van der Waals surface area contributed by atoms with Gasteiger partial charge in [-0.3, -0.25) is 0 Å². The van der Waals surface area contributed by atoms with E-state index in [9.17, 15) is 0 Å². The van der Waals surface area contributed by atoms with E-state index in [0.717, 1.165) is 22.5 Å². The van der Waals surface area contributed by atoms with Crippen molar-refractivity contribution in [2.45, 2.75) is 0 Å². The molecule has 0 saturated heterocycles. The molecule has 1 heterocycles. The maximum atomic E-state index is 6.30. The maximum Gasteiger partial charge on any atom is 0.159 e. The van der Waals surface area contributed by atoms with Crippen molar-refractivity contribution in [1.29, 1.82) is 0 Å². The first kappa shape index (κ1) is 15.3. The van der Waals surface area contributed by atoms with E-state index in [0.29, 0.717) is 0 Å². The summed E-state index contributed by atoms with van der Waals surface area (Å²) in [6.07, 6.45) is 0. The maximum absolute atomic E-state index is 6.30. The minimum atomic E-state index is 0.909. The second-order valence-corrected chi connectivity index (χ2v) is 7.10. The predicted octanol–water partition coefficient (Wildman–Crippen LogP) is 7.59. The summed E-state index contributed by atoms with van der Waals surface area (Å²) in [6, 6.07) is 33.7. The first-order valence-corrected chi connectivity index (χ1v) is 9.46. The Morgan fingerprint density at radius 2 is 1.29 bits per heavy atom. The Bertz CT molecular complexity index is 1430. The van der Waals surface area contributed by atoms with Gasteiger partial charge in [-0.15, -0.1) is 0 Å². The van der Waals surface area contributed by atoms with E-state index in [1.165, 1.54) is 32.7 Å². The molecule has 0 saturated carbocycles. The molecule has 1 N–H and O–H groups in total. The summed E-state index contributed by atoms with van der Waals surface area (Å²) in [5, 5.41) is 8.44. The minimum absolute atomic E-state index is 0.909. The predicted molar refractivity (Wildman–Crippen MR) is 118 cm³/mol. The summed E-state index contributed by atoms with van der Waals surface area (Å²) >= 11 is 0. The van der Waals surface area contributed by atoms with Crippen LogP contribution in [0.2, 0.25) is 0 Å². The van der Waals surface area contributed by atoms with E-state index >= 15 is 0 Å². The first-order chi connectivity index (χ1) is 13.9. The topological polar surface area (TPSA) is 25.2 Å². The number of anilines is 2. The Kier molecular flexibility index (Phi) is 3.20. The van der Waals surface area contributed by atoms with Crippen LogP contribution in [0, 0.1) is 0 Å². The van der Waals surface area contributed by atoms with Gasteiger partial charge in [0, 0.05) is 22.0 Å². The third kappa shape index (κ3) is 2.21. The molecule has 0 fully saturated rings. The monoisotopic (exact) mass is 359 g/mol. The molecule has 0 aliphatic carbocycles. The Balaban J connectivity index is 1.56. The quantitative estimate of drug-likeness (QED) is 0.329. The van der Waals surface area contributed by atoms with E-state index < -0.39 is 0 Å². The Hall–Kier alpha value is -3.78. The SMILES string of the molecule is c1ccc(-c2ccccc2Nc2ccc3ccc4cccc5oc2c3c45)cc1. The van der Waals surface area contributed by atoms with Crippen LogP contribution in [0.3, 0.4) is 0 Å². The van der Waals surface area contributed by atoms with Crippen molar-refractivity contribution in [2.24, 2.45) is 0 Å². The fourth-order valence-electron chi connectivity index (χ4n) is 4.13. The highest BCUT2D eigenvalue weighted by molar-refractivity contribution is 6.24. The van der Waals surface area contributed by atoms with Crippen LogP contribution in [-0.2, 0) is 0 Å². The lowest BCUT2D eigenvalue weighted by atomic mass is 10.0. The molecule has 0 spiro atoms. The highest BCUT2D eigenvalue weighted by Gasteiger charge is 2.16. The molecule has 0 aliphatic heterocycles. The first-order valence-electron chi connectivity index (χ1n) is 9.46. The van der Waals surface area contributed by atoms with Crippen molar-refractivity contribution >= 4 is 44.1 Å². The highest BCUT2D eigenvalue weighted by atomic mass is 16.3. The Labute approximate surface area is 162 Å². The van der Waals surface area contributed by atoms with E-state index in [2.05, 4.69) is 84.2 Å². The third-order valence-electron chi connectivity index (χ3n) is 5.43. The summed E-state index contributed by atoms with van der Waals surface area (Å²) in [6.45, 7) is 0. The van der Waals surface area contributed by atoms with Crippen molar-refractivity contribution in [1.82, 2.24) is 0 Å². The fraction of sp³-hybridized carbons (Fsp3) is 0. The molecular formula is C26H17NO. The number of furan rings is 1. The molecule has 1 aromatic heterocycles. The van der Waals surface area contributed by atoms with E-state index in [-0.39, 0.29) is 0 Å². The molecular weight excluding hydrogens is 342 g/mol. The van der Waals surface area contributed by atoms with Gasteiger partial charge in [-0.1, -0.05) is 78.9 Å². The van der Waals surface area contributed by atoms with Gasteiger partial charge in [-0.05, 0) is 34.5 Å². The molecule has 0 amide bonds. The largest absolute Gasteiger partial charge is 0.454 e.